The number of nitrogens with zero attached hydrogens (tertiary/aromatic N) is 1. The lowest BCUT2D eigenvalue weighted by atomic mass is 10.2. The van der Waals surface area contributed by atoms with Gasteiger partial charge in [0.15, 0.2) is 6.10 Å². The van der Waals surface area contributed by atoms with Crippen molar-refractivity contribution in [2.75, 3.05) is 7.11 Å². The Hall–Kier alpha value is -3.08. The molecule has 1 unspecified atom stereocenters. The van der Waals surface area contributed by atoms with Gasteiger partial charge in [0.1, 0.15) is 5.75 Å². The van der Waals surface area contributed by atoms with Gasteiger partial charge in [-0.1, -0.05) is 37.3 Å². The van der Waals surface area contributed by atoms with Crippen molar-refractivity contribution in [3.8, 4) is 5.75 Å². The summed E-state index contributed by atoms with van der Waals surface area (Å²) < 4.78 is 12.2. The zero-order valence-corrected chi connectivity index (χ0v) is 15.1. The molecule has 5 nitrogen and oxygen atoms in total. The fourth-order valence-corrected chi connectivity index (χ4v) is 2.95. The van der Waals surface area contributed by atoms with Gasteiger partial charge in [-0.15, -0.1) is 0 Å². The molecule has 1 aromatic heterocycles. The van der Waals surface area contributed by atoms with Crippen molar-refractivity contribution in [1.29, 1.82) is 0 Å². The Bertz CT molecular complexity index is 958. The number of aromatic nitrogens is 1. The lowest BCUT2D eigenvalue weighted by molar-refractivity contribution is 0.0602. The van der Waals surface area contributed by atoms with Crippen LogP contribution in [0, 0.1) is 6.92 Å². The number of hydrogen-bond acceptors (Lipinski definition) is 4. The molecule has 0 N–H and O–H groups in total. The van der Waals surface area contributed by atoms with Gasteiger partial charge in [-0.3, -0.25) is 9.36 Å². The average molecular weight is 351 g/mol. The Kier molecular flexibility index (Phi) is 5.07. The maximum absolute atomic E-state index is 13.1. The Labute approximate surface area is 152 Å². The number of ether oxygens (including phenoxy) is 2. The minimum Gasteiger partial charge on any atom is -0.481 e. The van der Waals surface area contributed by atoms with Crippen LogP contribution < -0.4 is 4.74 Å². The Morgan fingerprint density at radius 3 is 2.58 bits per heavy atom. The first-order chi connectivity index (χ1) is 12.5. The van der Waals surface area contributed by atoms with E-state index in [9.17, 15) is 9.59 Å². The van der Waals surface area contributed by atoms with Gasteiger partial charge in [0.2, 0.25) is 0 Å². The third-order valence-electron chi connectivity index (χ3n) is 4.27. The van der Waals surface area contributed by atoms with Crippen molar-refractivity contribution in [2.45, 2.75) is 26.4 Å². The molecule has 2 aromatic carbocycles. The SMILES string of the molecule is CCC(Oc1cccc(C)c1)C(=O)n1cc(C(=O)OC)c2ccccc21. The zero-order valence-electron chi connectivity index (χ0n) is 15.1. The predicted octanol–water partition coefficient (Wildman–Crippen LogP) is 4.23. The number of carbonyl (C=O) groups is 2. The van der Waals surface area contributed by atoms with Gasteiger partial charge in [-0.05, 0) is 37.1 Å². The van der Waals surface area contributed by atoms with Crippen LogP contribution in [-0.4, -0.2) is 29.7 Å². The number of hydrogen-bond donors (Lipinski definition) is 0. The molecule has 0 saturated heterocycles. The molecule has 5 heteroatoms. The van der Waals surface area contributed by atoms with Crippen molar-refractivity contribution in [2.24, 2.45) is 0 Å². The molecule has 134 valence electrons. The maximum atomic E-state index is 13.1. The lowest BCUT2D eigenvalue weighted by Crippen LogP contribution is -2.31. The Balaban J connectivity index is 1.99. The number of benzene rings is 2. The fourth-order valence-electron chi connectivity index (χ4n) is 2.95. The van der Waals surface area contributed by atoms with Crippen LogP contribution in [-0.2, 0) is 4.74 Å². The summed E-state index contributed by atoms with van der Waals surface area (Å²) in [4.78, 5) is 25.1. The molecule has 0 saturated carbocycles. The largest absolute Gasteiger partial charge is 0.481 e. The molecule has 1 heterocycles. The van der Waals surface area contributed by atoms with Crippen LogP contribution in [0.2, 0.25) is 0 Å². The van der Waals surface area contributed by atoms with Gasteiger partial charge in [-0.25, -0.2) is 4.79 Å². The molecular formula is C21H21NO4. The molecule has 3 rings (SSSR count). The number of para-hydroxylation sites is 1. The smallest absolute Gasteiger partial charge is 0.340 e. The molecule has 0 aliphatic carbocycles. The third-order valence-corrected chi connectivity index (χ3v) is 4.27. The van der Waals surface area contributed by atoms with Crippen LogP contribution >= 0.6 is 0 Å². The zero-order chi connectivity index (χ0) is 18.7. The van der Waals surface area contributed by atoms with Crippen molar-refractivity contribution < 1.29 is 19.1 Å². The highest BCUT2D eigenvalue weighted by Gasteiger charge is 2.25. The second-order valence-corrected chi connectivity index (χ2v) is 6.09. The molecule has 26 heavy (non-hydrogen) atoms. The van der Waals surface area contributed by atoms with E-state index in [1.54, 1.807) is 12.1 Å². The monoisotopic (exact) mass is 351 g/mol. The summed E-state index contributed by atoms with van der Waals surface area (Å²) in [6, 6.07) is 14.8. The van der Waals surface area contributed by atoms with E-state index in [4.69, 9.17) is 9.47 Å². The molecule has 0 aliphatic rings. The second-order valence-electron chi connectivity index (χ2n) is 6.09. The molecule has 0 amide bonds. The second kappa shape index (κ2) is 7.44. The van der Waals surface area contributed by atoms with Gasteiger partial charge in [0.05, 0.1) is 18.2 Å². The normalized spacial score (nSPS) is 12.0. The molecule has 1 atom stereocenters. The van der Waals surface area contributed by atoms with Crippen LogP contribution in [0.5, 0.6) is 5.75 Å². The van der Waals surface area contributed by atoms with Gasteiger partial charge >= 0.3 is 5.97 Å². The van der Waals surface area contributed by atoms with E-state index >= 15 is 0 Å². The van der Waals surface area contributed by atoms with Crippen LogP contribution in [0.15, 0.2) is 54.7 Å². The van der Waals surface area contributed by atoms with Crippen molar-refractivity contribution in [3.63, 3.8) is 0 Å². The first kappa shape index (κ1) is 17.7. The molecule has 0 fully saturated rings. The number of aryl methyl sites for hydroxylation is 1. The first-order valence-corrected chi connectivity index (χ1v) is 8.51. The summed E-state index contributed by atoms with van der Waals surface area (Å²) in [6.45, 7) is 3.86. The topological polar surface area (TPSA) is 57.5 Å². The lowest BCUT2D eigenvalue weighted by Gasteiger charge is -2.17. The van der Waals surface area contributed by atoms with Crippen molar-refractivity contribution in [1.82, 2.24) is 4.57 Å². The van der Waals surface area contributed by atoms with E-state index < -0.39 is 12.1 Å². The quantitative estimate of drug-likeness (QED) is 0.645. The number of rotatable bonds is 5. The highest BCUT2D eigenvalue weighted by atomic mass is 16.5. The number of esters is 1. The average Bonchev–Trinajstić information content (AvgIpc) is 3.05. The van der Waals surface area contributed by atoms with E-state index in [1.807, 2.05) is 50.2 Å². The van der Waals surface area contributed by atoms with E-state index in [0.29, 0.717) is 28.6 Å². The van der Waals surface area contributed by atoms with Crippen LogP contribution in [0.4, 0.5) is 0 Å². The maximum Gasteiger partial charge on any atom is 0.340 e. The highest BCUT2D eigenvalue weighted by molar-refractivity contribution is 6.07. The summed E-state index contributed by atoms with van der Waals surface area (Å²) in [5.74, 6) is -0.0457. The van der Waals surface area contributed by atoms with Crippen molar-refractivity contribution >= 4 is 22.8 Å². The summed E-state index contributed by atoms with van der Waals surface area (Å²) in [6.07, 6.45) is 1.38. The molecule has 0 aliphatic heterocycles. The third kappa shape index (κ3) is 3.33. The summed E-state index contributed by atoms with van der Waals surface area (Å²) in [5, 5.41) is 0.679. The van der Waals surface area contributed by atoms with E-state index in [2.05, 4.69) is 0 Å². The van der Waals surface area contributed by atoms with E-state index in [0.717, 1.165) is 5.56 Å². The molecule has 0 radical (unpaired) electrons. The van der Waals surface area contributed by atoms with Crippen molar-refractivity contribution in [3.05, 3.63) is 65.9 Å². The van der Waals surface area contributed by atoms with Crippen LogP contribution in [0.25, 0.3) is 10.9 Å². The predicted molar refractivity (Wildman–Crippen MR) is 99.8 cm³/mol. The molecule has 3 aromatic rings. The minimum atomic E-state index is -0.655. The van der Waals surface area contributed by atoms with Gasteiger partial charge in [0.25, 0.3) is 5.91 Å². The molecular weight excluding hydrogens is 330 g/mol. The summed E-state index contributed by atoms with van der Waals surface area (Å²) in [7, 11) is 1.33. The Morgan fingerprint density at radius 2 is 1.88 bits per heavy atom. The van der Waals surface area contributed by atoms with Gasteiger partial charge in [0, 0.05) is 11.6 Å². The standard InChI is InChI=1S/C21H21NO4/c1-4-19(26-15-9-7-8-14(2)12-15)20(23)22-13-17(21(24)25-3)16-10-5-6-11-18(16)22/h5-13,19H,4H2,1-3H3. The fraction of sp³-hybridized carbons (Fsp3) is 0.238. The summed E-state index contributed by atoms with van der Waals surface area (Å²) in [5.41, 5.74) is 2.08. The van der Waals surface area contributed by atoms with Crippen LogP contribution in [0.3, 0.4) is 0 Å². The molecule has 0 spiro atoms. The van der Waals surface area contributed by atoms with E-state index in [-0.39, 0.29) is 5.91 Å². The number of methoxy groups -OCH3 is 1. The Morgan fingerprint density at radius 1 is 1.12 bits per heavy atom. The minimum absolute atomic E-state index is 0.222. The van der Waals surface area contributed by atoms with Crippen LogP contribution in [0.1, 0.15) is 34.1 Å². The number of carbonyl (C=O) groups excluding carboxylic acids is 2. The summed E-state index contributed by atoms with van der Waals surface area (Å²) >= 11 is 0. The van der Waals surface area contributed by atoms with Gasteiger partial charge in [-0.2, -0.15) is 0 Å². The highest BCUT2D eigenvalue weighted by Crippen LogP contribution is 2.24. The van der Waals surface area contributed by atoms with E-state index in [1.165, 1.54) is 17.9 Å². The number of fused-ring (bicyclic) bond motifs is 1. The molecule has 0 bridgehead atoms. The van der Waals surface area contributed by atoms with Gasteiger partial charge < -0.3 is 9.47 Å². The first-order valence-electron chi connectivity index (χ1n) is 8.51.